The lowest BCUT2D eigenvalue weighted by Crippen LogP contribution is -2.46. The monoisotopic (exact) mass is 554 g/mol. The van der Waals surface area contributed by atoms with Crippen molar-refractivity contribution in [3.63, 3.8) is 0 Å². The van der Waals surface area contributed by atoms with Crippen LogP contribution < -0.4 is 10.1 Å². The number of fused-ring (bicyclic) bond motifs is 2. The number of benzene rings is 2. The molecule has 1 aromatic heterocycles. The number of piperidine rings is 1. The topological polar surface area (TPSA) is 66.9 Å². The summed E-state index contributed by atoms with van der Waals surface area (Å²) in [6.07, 6.45) is 5.44. The summed E-state index contributed by atoms with van der Waals surface area (Å²) in [5.41, 5.74) is 5.44. The number of ether oxygens (including phenoxy) is 2. The largest absolute Gasteiger partial charge is 0.489 e. The van der Waals surface area contributed by atoms with Gasteiger partial charge < -0.3 is 19.7 Å². The van der Waals surface area contributed by atoms with E-state index in [0.717, 1.165) is 93.8 Å². The number of amides is 1. The zero-order valence-corrected chi connectivity index (χ0v) is 24.4. The average molecular weight is 555 g/mol. The van der Waals surface area contributed by atoms with Gasteiger partial charge in [-0.1, -0.05) is 12.1 Å². The highest BCUT2D eigenvalue weighted by Gasteiger charge is 2.34. The SMILES string of the molecule is CC1(C)C[C@H](c2ccc3cc(CN4CC[C@H](Oc5ccc6c(c5)CN([C@H]5CCCNC5)C6=O)C4)ccc3n2)CCO1. The number of likely N-dealkylation sites (tertiary alicyclic amines) is 1. The van der Waals surface area contributed by atoms with Gasteiger partial charge in [0.05, 0.1) is 11.1 Å². The third-order valence-corrected chi connectivity index (χ3v) is 9.45. The van der Waals surface area contributed by atoms with Crippen LogP contribution in [0.3, 0.4) is 0 Å². The molecule has 216 valence electrons. The lowest BCUT2D eigenvalue weighted by molar-refractivity contribution is -0.0597. The summed E-state index contributed by atoms with van der Waals surface area (Å²) in [6.45, 7) is 10.6. The van der Waals surface area contributed by atoms with Crippen LogP contribution in [0.25, 0.3) is 10.9 Å². The summed E-state index contributed by atoms with van der Waals surface area (Å²) in [7, 11) is 0. The Labute approximate surface area is 243 Å². The van der Waals surface area contributed by atoms with Gasteiger partial charge in [0.15, 0.2) is 0 Å². The number of hydrogen-bond acceptors (Lipinski definition) is 6. The van der Waals surface area contributed by atoms with Crippen LogP contribution in [0, 0.1) is 0 Å². The zero-order chi connectivity index (χ0) is 28.0. The highest BCUT2D eigenvalue weighted by molar-refractivity contribution is 5.98. The van der Waals surface area contributed by atoms with Crippen molar-refractivity contribution in [2.24, 2.45) is 0 Å². The molecule has 0 radical (unpaired) electrons. The van der Waals surface area contributed by atoms with E-state index in [1.807, 2.05) is 17.0 Å². The summed E-state index contributed by atoms with van der Waals surface area (Å²) in [5, 5.41) is 4.64. The van der Waals surface area contributed by atoms with E-state index in [2.05, 4.69) is 60.5 Å². The molecule has 7 heteroatoms. The number of nitrogens with zero attached hydrogens (tertiary/aromatic N) is 3. The second-order valence-corrected chi connectivity index (χ2v) is 13.1. The molecule has 41 heavy (non-hydrogen) atoms. The molecule has 1 amide bonds. The Morgan fingerprint density at radius 2 is 2.02 bits per heavy atom. The predicted molar refractivity (Wildman–Crippen MR) is 160 cm³/mol. The van der Waals surface area contributed by atoms with Crippen molar-refractivity contribution < 1.29 is 14.3 Å². The van der Waals surface area contributed by atoms with Gasteiger partial charge in [0.2, 0.25) is 0 Å². The minimum atomic E-state index is -0.0755. The van der Waals surface area contributed by atoms with E-state index in [9.17, 15) is 4.79 Å². The maximum absolute atomic E-state index is 13.0. The maximum atomic E-state index is 13.0. The van der Waals surface area contributed by atoms with Crippen molar-refractivity contribution in [3.8, 4) is 5.75 Å². The fourth-order valence-corrected chi connectivity index (χ4v) is 7.28. The fourth-order valence-electron chi connectivity index (χ4n) is 7.28. The highest BCUT2D eigenvalue weighted by atomic mass is 16.5. The first-order valence-corrected chi connectivity index (χ1v) is 15.5. The second kappa shape index (κ2) is 11.0. The molecule has 4 aliphatic heterocycles. The molecule has 3 aromatic rings. The Hall–Kier alpha value is -3.00. The van der Waals surface area contributed by atoms with Crippen molar-refractivity contribution in [2.45, 2.75) is 82.7 Å². The summed E-state index contributed by atoms with van der Waals surface area (Å²) in [5.74, 6) is 1.51. The van der Waals surface area contributed by atoms with Crippen LogP contribution in [-0.4, -0.2) is 71.2 Å². The molecule has 3 atom stereocenters. The van der Waals surface area contributed by atoms with Crippen molar-refractivity contribution >= 4 is 16.8 Å². The quantitative estimate of drug-likeness (QED) is 0.448. The molecule has 7 nitrogen and oxygen atoms in total. The van der Waals surface area contributed by atoms with Gasteiger partial charge in [-0.15, -0.1) is 0 Å². The summed E-state index contributed by atoms with van der Waals surface area (Å²) >= 11 is 0. The standard InChI is InChI=1S/C34H42N4O3/c1-34(2)18-25(12-15-40-34)32-10-6-24-16-23(5-9-31(24)36-32)20-37-14-11-29(22-37)41-28-7-8-30-26(17-28)21-38(33(30)39)27-4-3-13-35-19-27/h5-10,16-17,25,27,29,35H,3-4,11-15,18-22H2,1-2H3/t25-,27+,29+/m1/s1. The molecule has 0 spiro atoms. The number of carbonyl (C=O) groups is 1. The van der Waals surface area contributed by atoms with Crippen LogP contribution in [0.2, 0.25) is 0 Å². The average Bonchev–Trinajstić information content (AvgIpc) is 3.55. The minimum Gasteiger partial charge on any atom is -0.489 e. The first-order chi connectivity index (χ1) is 19.9. The molecular weight excluding hydrogens is 512 g/mol. The van der Waals surface area contributed by atoms with Gasteiger partial charge in [-0.05, 0) is 100 Å². The smallest absolute Gasteiger partial charge is 0.254 e. The molecule has 4 aliphatic rings. The van der Waals surface area contributed by atoms with Crippen molar-refractivity contribution in [1.82, 2.24) is 20.1 Å². The van der Waals surface area contributed by atoms with E-state index in [0.29, 0.717) is 18.5 Å². The first-order valence-electron chi connectivity index (χ1n) is 15.5. The Morgan fingerprint density at radius 1 is 1.10 bits per heavy atom. The van der Waals surface area contributed by atoms with Crippen LogP contribution in [0.4, 0.5) is 0 Å². The molecule has 0 bridgehead atoms. The summed E-state index contributed by atoms with van der Waals surface area (Å²) in [6, 6.07) is 17.5. The van der Waals surface area contributed by atoms with Gasteiger partial charge in [-0.25, -0.2) is 0 Å². The summed E-state index contributed by atoms with van der Waals surface area (Å²) in [4.78, 5) is 22.6. The minimum absolute atomic E-state index is 0.0755. The second-order valence-electron chi connectivity index (χ2n) is 13.1. The van der Waals surface area contributed by atoms with E-state index in [4.69, 9.17) is 14.5 Å². The number of pyridine rings is 1. The van der Waals surface area contributed by atoms with Crippen LogP contribution >= 0.6 is 0 Å². The van der Waals surface area contributed by atoms with Crippen LogP contribution in [0.1, 0.15) is 79.0 Å². The zero-order valence-electron chi connectivity index (χ0n) is 24.4. The lowest BCUT2D eigenvalue weighted by Gasteiger charge is -2.35. The van der Waals surface area contributed by atoms with E-state index < -0.39 is 0 Å². The molecule has 0 unspecified atom stereocenters. The van der Waals surface area contributed by atoms with E-state index in [1.165, 1.54) is 16.6 Å². The van der Waals surface area contributed by atoms with Gasteiger partial charge in [-0.2, -0.15) is 0 Å². The van der Waals surface area contributed by atoms with Gasteiger partial charge in [0, 0.05) is 67.9 Å². The number of carbonyl (C=O) groups excluding carboxylic acids is 1. The molecule has 0 aliphatic carbocycles. The molecule has 5 heterocycles. The number of aromatic nitrogens is 1. The molecule has 3 saturated heterocycles. The Bertz CT molecular complexity index is 1430. The van der Waals surface area contributed by atoms with Crippen LogP contribution in [0.5, 0.6) is 5.75 Å². The molecule has 0 saturated carbocycles. The third kappa shape index (κ3) is 5.72. The van der Waals surface area contributed by atoms with Crippen molar-refractivity contribution in [2.75, 3.05) is 32.8 Å². The van der Waals surface area contributed by atoms with Crippen LogP contribution in [0.15, 0.2) is 48.5 Å². The number of rotatable bonds is 6. The maximum Gasteiger partial charge on any atom is 0.254 e. The molecule has 3 fully saturated rings. The third-order valence-electron chi connectivity index (χ3n) is 9.45. The normalized spacial score (nSPS) is 26.4. The van der Waals surface area contributed by atoms with Gasteiger partial charge in [0.1, 0.15) is 11.9 Å². The number of hydrogen-bond donors (Lipinski definition) is 1. The van der Waals surface area contributed by atoms with Crippen molar-refractivity contribution in [1.29, 1.82) is 0 Å². The van der Waals surface area contributed by atoms with Gasteiger partial charge in [0.25, 0.3) is 5.91 Å². The van der Waals surface area contributed by atoms with E-state index in [1.54, 1.807) is 0 Å². The summed E-state index contributed by atoms with van der Waals surface area (Å²) < 4.78 is 12.4. The highest BCUT2D eigenvalue weighted by Crippen LogP contribution is 2.36. The first kappa shape index (κ1) is 26.9. The van der Waals surface area contributed by atoms with Crippen molar-refractivity contribution in [3.05, 3.63) is 70.9 Å². The number of nitrogens with one attached hydrogen (secondary N) is 1. The molecule has 1 N–H and O–H groups in total. The van der Waals surface area contributed by atoms with E-state index >= 15 is 0 Å². The van der Waals surface area contributed by atoms with Crippen LogP contribution in [-0.2, 0) is 17.8 Å². The molecule has 2 aromatic carbocycles. The van der Waals surface area contributed by atoms with Gasteiger partial charge >= 0.3 is 0 Å². The lowest BCUT2D eigenvalue weighted by atomic mass is 9.86. The fraction of sp³-hybridized carbons (Fsp3) is 0.529. The Morgan fingerprint density at radius 3 is 2.88 bits per heavy atom. The molecular formula is C34H42N4O3. The molecule has 7 rings (SSSR count). The Balaban J connectivity index is 0.956. The van der Waals surface area contributed by atoms with E-state index in [-0.39, 0.29) is 17.6 Å². The predicted octanol–water partition coefficient (Wildman–Crippen LogP) is 5.27. The Kier molecular flexibility index (Phi) is 7.21. The van der Waals surface area contributed by atoms with Gasteiger partial charge in [-0.3, -0.25) is 14.7 Å².